The molecule has 1 aliphatic rings. The van der Waals surface area contributed by atoms with Crippen LogP contribution in [-0.4, -0.2) is 23.9 Å². The molecule has 1 heterocycles. The molecule has 0 aliphatic heterocycles. The Morgan fingerprint density at radius 3 is 2.61 bits per heavy atom. The maximum absolute atomic E-state index is 12.1. The number of aromatic nitrogens is 2. The largest absolute Gasteiger partial charge is 0.332 e. The maximum atomic E-state index is 12.1. The van der Waals surface area contributed by atoms with Crippen LogP contribution in [0.1, 0.15) is 37.9 Å². The van der Waals surface area contributed by atoms with Crippen LogP contribution in [0.15, 0.2) is 11.2 Å². The molecule has 0 radical (unpaired) electrons. The van der Waals surface area contributed by atoms with E-state index in [0.717, 1.165) is 19.3 Å². The van der Waals surface area contributed by atoms with Crippen molar-refractivity contribution < 1.29 is 8.42 Å². The number of rotatable bonds is 3. The molecule has 1 aromatic rings. The van der Waals surface area contributed by atoms with E-state index in [1.54, 1.807) is 6.92 Å². The van der Waals surface area contributed by atoms with Gasteiger partial charge in [-0.15, -0.1) is 0 Å². The van der Waals surface area contributed by atoms with E-state index in [0.29, 0.717) is 18.7 Å². The standard InChI is InChI=1S/C11H16N4O2S/c1-9-13-7-10(14-9)18(16,17)15-11(8-12)5-3-2-4-6-11/h7,15H,2-6H2,1H3,(H,13,14). The van der Waals surface area contributed by atoms with Crippen molar-refractivity contribution >= 4 is 10.0 Å². The van der Waals surface area contributed by atoms with E-state index in [4.69, 9.17) is 0 Å². The third-order valence-corrected chi connectivity index (χ3v) is 4.67. The molecule has 1 aliphatic carbocycles. The second-order valence-corrected chi connectivity index (χ2v) is 6.34. The van der Waals surface area contributed by atoms with E-state index in [-0.39, 0.29) is 5.03 Å². The molecule has 1 fully saturated rings. The van der Waals surface area contributed by atoms with Gasteiger partial charge in [0, 0.05) is 0 Å². The zero-order valence-corrected chi connectivity index (χ0v) is 11.0. The van der Waals surface area contributed by atoms with Crippen molar-refractivity contribution in [3.63, 3.8) is 0 Å². The first-order valence-corrected chi connectivity index (χ1v) is 7.43. The quantitative estimate of drug-likeness (QED) is 0.861. The Labute approximate surface area is 106 Å². The van der Waals surface area contributed by atoms with Gasteiger partial charge in [-0.25, -0.2) is 13.4 Å². The number of hydrogen-bond acceptors (Lipinski definition) is 4. The Morgan fingerprint density at radius 2 is 2.11 bits per heavy atom. The second-order valence-electron chi connectivity index (χ2n) is 4.69. The zero-order chi connectivity index (χ0) is 13.2. The first kappa shape index (κ1) is 13.1. The van der Waals surface area contributed by atoms with Gasteiger partial charge in [0.15, 0.2) is 5.03 Å². The number of hydrogen-bond donors (Lipinski definition) is 2. The van der Waals surface area contributed by atoms with Gasteiger partial charge >= 0.3 is 0 Å². The fourth-order valence-corrected chi connectivity index (χ4v) is 3.59. The maximum Gasteiger partial charge on any atom is 0.258 e. The van der Waals surface area contributed by atoms with Gasteiger partial charge in [-0.3, -0.25) is 0 Å². The van der Waals surface area contributed by atoms with E-state index < -0.39 is 15.6 Å². The number of imidazole rings is 1. The van der Waals surface area contributed by atoms with Gasteiger partial charge in [-0.05, 0) is 19.8 Å². The Kier molecular flexibility index (Phi) is 3.41. The molecule has 2 N–H and O–H groups in total. The van der Waals surface area contributed by atoms with Crippen molar-refractivity contribution in [3.8, 4) is 6.07 Å². The first-order chi connectivity index (χ1) is 8.47. The summed E-state index contributed by atoms with van der Waals surface area (Å²) in [5.41, 5.74) is -0.962. The van der Waals surface area contributed by atoms with E-state index in [2.05, 4.69) is 20.8 Å². The summed E-state index contributed by atoms with van der Waals surface area (Å²) in [6, 6.07) is 2.13. The van der Waals surface area contributed by atoms with Crippen LogP contribution in [0.2, 0.25) is 0 Å². The molecular weight excluding hydrogens is 252 g/mol. The third kappa shape index (κ3) is 2.54. The lowest BCUT2D eigenvalue weighted by Crippen LogP contribution is -2.48. The Balaban J connectivity index is 2.24. The summed E-state index contributed by atoms with van der Waals surface area (Å²) in [5, 5.41) is 9.27. The fraction of sp³-hybridized carbons (Fsp3) is 0.636. The highest BCUT2D eigenvalue weighted by Crippen LogP contribution is 2.29. The second kappa shape index (κ2) is 4.71. The zero-order valence-electron chi connectivity index (χ0n) is 10.2. The van der Waals surface area contributed by atoms with Crippen LogP contribution in [0.5, 0.6) is 0 Å². The molecule has 7 heteroatoms. The van der Waals surface area contributed by atoms with E-state index in [9.17, 15) is 13.7 Å². The van der Waals surface area contributed by atoms with Gasteiger partial charge in [0.25, 0.3) is 10.0 Å². The molecule has 18 heavy (non-hydrogen) atoms. The van der Waals surface area contributed by atoms with Gasteiger partial charge in [0.2, 0.25) is 0 Å². The monoisotopic (exact) mass is 268 g/mol. The smallest absolute Gasteiger partial charge is 0.258 e. The fourth-order valence-electron chi connectivity index (χ4n) is 2.24. The summed E-state index contributed by atoms with van der Waals surface area (Å²) < 4.78 is 26.8. The Hall–Kier alpha value is -1.39. The predicted molar refractivity (Wildman–Crippen MR) is 65.1 cm³/mol. The topological polar surface area (TPSA) is 98.6 Å². The van der Waals surface area contributed by atoms with Gasteiger partial charge < -0.3 is 4.98 Å². The number of nitrogens with zero attached hydrogens (tertiary/aromatic N) is 2. The number of sulfonamides is 1. The van der Waals surface area contributed by atoms with Crippen LogP contribution in [-0.2, 0) is 10.0 Å². The lowest BCUT2D eigenvalue weighted by atomic mass is 9.84. The molecule has 0 atom stereocenters. The molecule has 1 saturated carbocycles. The lowest BCUT2D eigenvalue weighted by Gasteiger charge is -2.30. The molecule has 0 spiro atoms. The first-order valence-electron chi connectivity index (χ1n) is 5.94. The average molecular weight is 268 g/mol. The van der Waals surface area contributed by atoms with Crippen molar-refractivity contribution in [1.29, 1.82) is 5.26 Å². The summed E-state index contributed by atoms with van der Waals surface area (Å²) in [5.74, 6) is 0.532. The van der Waals surface area contributed by atoms with E-state index >= 15 is 0 Å². The highest BCUT2D eigenvalue weighted by atomic mass is 32.2. The molecular formula is C11H16N4O2S. The van der Waals surface area contributed by atoms with Crippen LogP contribution < -0.4 is 4.72 Å². The number of H-pyrrole nitrogens is 1. The number of nitrogens with one attached hydrogen (secondary N) is 2. The molecule has 0 aromatic carbocycles. The molecule has 0 amide bonds. The highest BCUT2D eigenvalue weighted by molar-refractivity contribution is 7.89. The predicted octanol–water partition coefficient (Wildman–Crippen LogP) is 1.22. The molecule has 98 valence electrons. The normalized spacial score (nSPS) is 19.3. The summed E-state index contributed by atoms with van der Waals surface area (Å²) in [6.07, 6.45) is 5.20. The van der Waals surface area contributed by atoms with Crippen molar-refractivity contribution in [2.45, 2.75) is 49.6 Å². The Morgan fingerprint density at radius 1 is 1.44 bits per heavy atom. The minimum atomic E-state index is -3.70. The summed E-state index contributed by atoms with van der Waals surface area (Å²) in [6.45, 7) is 1.68. The van der Waals surface area contributed by atoms with Crippen molar-refractivity contribution in [2.75, 3.05) is 0 Å². The minimum Gasteiger partial charge on any atom is -0.332 e. The highest BCUT2D eigenvalue weighted by Gasteiger charge is 2.37. The van der Waals surface area contributed by atoms with Crippen LogP contribution >= 0.6 is 0 Å². The van der Waals surface area contributed by atoms with Crippen molar-refractivity contribution in [3.05, 3.63) is 12.0 Å². The SMILES string of the molecule is Cc1ncc(S(=O)(=O)NC2(C#N)CCCCC2)[nH]1. The van der Waals surface area contributed by atoms with Gasteiger partial charge in [0.1, 0.15) is 11.4 Å². The van der Waals surface area contributed by atoms with Crippen molar-refractivity contribution in [1.82, 2.24) is 14.7 Å². The number of aromatic amines is 1. The minimum absolute atomic E-state index is 0.0141. The third-order valence-electron chi connectivity index (χ3n) is 3.22. The lowest BCUT2D eigenvalue weighted by molar-refractivity contribution is 0.337. The number of nitriles is 1. The average Bonchev–Trinajstić information content (AvgIpc) is 2.77. The molecule has 0 bridgehead atoms. The summed E-state index contributed by atoms with van der Waals surface area (Å²) in [7, 11) is -3.70. The molecule has 6 nitrogen and oxygen atoms in total. The molecule has 0 unspecified atom stereocenters. The van der Waals surface area contributed by atoms with Crippen LogP contribution in [0.4, 0.5) is 0 Å². The van der Waals surface area contributed by atoms with Crippen LogP contribution in [0, 0.1) is 18.3 Å². The summed E-state index contributed by atoms with van der Waals surface area (Å²) in [4.78, 5) is 6.54. The van der Waals surface area contributed by atoms with Crippen molar-refractivity contribution in [2.24, 2.45) is 0 Å². The Bertz CT molecular complexity index is 564. The molecule has 2 rings (SSSR count). The van der Waals surface area contributed by atoms with Gasteiger partial charge in [0.05, 0.1) is 12.3 Å². The van der Waals surface area contributed by atoms with Gasteiger partial charge in [-0.1, -0.05) is 19.3 Å². The van der Waals surface area contributed by atoms with E-state index in [1.165, 1.54) is 6.20 Å². The van der Waals surface area contributed by atoms with Gasteiger partial charge in [-0.2, -0.15) is 9.98 Å². The summed E-state index contributed by atoms with van der Waals surface area (Å²) >= 11 is 0. The molecule has 1 aromatic heterocycles. The van der Waals surface area contributed by atoms with Crippen LogP contribution in [0.25, 0.3) is 0 Å². The molecule has 0 saturated heterocycles. The van der Waals surface area contributed by atoms with E-state index in [1.807, 2.05) is 0 Å². The van der Waals surface area contributed by atoms with Crippen LogP contribution in [0.3, 0.4) is 0 Å². The number of aryl methyl sites for hydroxylation is 1.